The maximum absolute atomic E-state index is 4.84. The number of hydrogen-bond acceptors (Lipinski definition) is 2. The van der Waals surface area contributed by atoms with Crippen LogP contribution in [0.2, 0.25) is 0 Å². The summed E-state index contributed by atoms with van der Waals surface area (Å²) in [7, 11) is 0. The number of nitrogens with zero attached hydrogens (tertiary/aromatic N) is 1. The van der Waals surface area contributed by atoms with Crippen molar-refractivity contribution in [3.8, 4) is 11.4 Å². The Morgan fingerprint density at radius 1 is 0.818 bits per heavy atom. The molecule has 3 heteroatoms. The van der Waals surface area contributed by atoms with E-state index in [1.807, 2.05) is 0 Å². The van der Waals surface area contributed by atoms with E-state index in [4.69, 9.17) is 4.98 Å². The van der Waals surface area contributed by atoms with Crippen LogP contribution in [0.3, 0.4) is 0 Å². The van der Waals surface area contributed by atoms with Gasteiger partial charge in [0.05, 0.1) is 11.0 Å². The molecule has 0 spiro atoms. The summed E-state index contributed by atoms with van der Waals surface area (Å²) in [4.78, 5) is 8.27. The van der Waals surface area contributed by atoms with Crippen molar-refractivity contribution in [1.29, 1.82) is 0 Å². The number of thiophene rings is 1. The third-order valence-corrected chi connectivity index (χ3v) is 4.85. The van der Waals surface area contributed by atoms with Crippen LogP contribution in [0, 0.1) is 0 Å². The van der Waals surface area contributed by atoms with Crippen LogP contribution < -0.4 is 0 Å². The fourth-order valence-electron chi connectivity index (χ4n) is 3.10. The molecule has 0 amide bonds. The number of H-pyrrole nitrogens is 1. The molecule has 0 radical (unpaired) electrons. The van der Waals surface area contributed by atoms with Crippen LogP contribution >= 0.6 is 11.3 Å². The molecule has 104 valence electrons. The van der Waals surface area contributed by atoms with Crippen LogP contribution in [0.5, 0.6) is 0 Å². The number of fused-ring (bicyclic) bond motifs is 5. The number of imidazole rings is 1. The summed E-state index contributed by atoms with van der Waals surface area (Å²) < 4.78 is 0. The monoisotopic (exact) mass is 300 g/mol. The van der Waals surface area contributed by atoms with Gasteiger partial charge in [0.25, 0.3) is 0 Å². The van der Waals surface area contributed by atoms with E-state index in [2.05, 4.69) is 70.3 Å². The summed E-state index contributed by atoms with van der Waals surface area (Å²) >= 11 is 1.69. The normalized spacial score (nSPS) is 11.6. The Morgan fingerprint density at radius 2 is 1.73 bits per heavy atom. The van der Waals surface area contributed by atoms with Crippen LogP contribution in [0.4, 0.5) is 0 Å². The highest BCUT2D eigenvalue weighted by Crippen LogP contribution is 2.31. The van der Waals surface area contributed by atoms with Gasteiger partial charge >= 0.3 is 0 Å². The average molecular weight is 300 g/mol. The second-order valence-electron chi connectivity index (χ2n) is 5.44. The zero-order chi connectivity index (χ0) is 14.5. The number of aromatic amines is 1. The van der Waals surface area contributed by atoms with Crippen molar-refractivity contribution < 1.29 is 0 Å². The molecule has 0 bridgehead atoms. The SMILES string of the molecule is c1ccc2c(c1)ccc1c2ccc2[nH]c(-c3ccsc3)nc21. The Bertz CT molecular complexity index is 1120. The van der Waals surface area contributed by atoms with Gasteiger partial charge in [-0.15, -0.1) is 0 Å². The summed E-state index contributed by atoms with van der Waals surface area (Å²) in [5.74, 6) is 0.942. The summed E-state index contributed by atoms with van der Waals surface area (Å²) in [6.45, 7) is 0. The van der Waals surface area contributed by atoms with Gasteiger partial charge in [0.1, 0.15) is 5.82 Å². The van der Waals surface area contributed by atoms with Gasteiger partial charge in [0.15, 0.2) is 0 Å². The molecule has 0 fully saturated rings. The number of benzene rings is 3. The van der Waals surface area contributed by atoms with Crippen molar-refractivity contribution >= 4 is 43.9 Å². The summed E-state index contributed by atoms with van der Waals surface area (Å²) in [6.07, 6.45) is 0. The summed E-state index contributed by atoms with van der Waals surface area (Å²) in [6, 6.07) is 19.3. The van der Waals surface area contributed by atoms with Crippen LogP contribution in [0.1, 0.15) is 0 Å². The highest BCUT2D eigenvalue weighted by molar-refractivity contribution is 7.08. The molecule has 0 unspecified atom stereocenters. The van der Waals surface area contributed by atoms with Gasteiger partial charge in [-0.25, -0.2) is 4.98 Å². The van der Waals surface area contributed by atoms with Gasteiger partial charge in [-0.05, 0) is 33.7 Å². The molecule has 5 rings (SSSR count). The van der Waals surface area contributed by atoms with Gasteiger partial charge in [0.2, 0.25) is 0 Å². The molecule has 22 heavy (non-hydrogen) atoms. The maximum Gasteiger partial charge on any atom is 0.139 e. The van der Waals surface area contributed by atoms with Gasteiger partial charge in [-0.3, -0.25) is 0 Å². The molecule has 0 aliphatic rings. The number of rotatable bonds is 1. The van der Waals surface area contributed by atoms with Crippen LogP contribution in [0.25, 0.3) is 44.0 Å². The minimum Gasteiger partial charge on any atom is -0.338 e. The Balaban J connectivity index is 1.90. The van der Waals surface area contributed by atoms with E-state index in [-0.39, 0.29) is 0 Å². The molecule has 3 aromatic carbocycles. The molecule has 0 aliphatic carbocycles. The fraction of sp³-hybridized carbons (Fsp3) is 0. The molecule has 0 saturated heterocycles. The first-order chi connectivity index (χ1) is 10.9. The van der Waals surface area contributed by atoms with Crippen molar-refractivity contribution in [1.82, 2.24) is 9.97 Å². The highest BCUT2D eigenvalue weighted by atomic mass is 32.1. The van der Waals surface area contributed by atoms with E-state index in [0.717, 1.165) is 22.4 Å². The molecule has 1 N–H and O–H groups in total. The van der Waals surface area contributed by atoms with Crippen molar-refractivity contribution in [2.24, 2.45) is 0 Å². The average Bonchev–Trinajstić information content (AvgIpc) is 3.23. The third-order valence-electron chi connectivity index (χ3n) is 4.17. The fourth-order valence-corrected chi connectivity index (χ4v) is 3.74. The predicted molar refractivity (Wildman–Crippen MR) is 94.4 cm³/mol. The summed E-state index contributed by atoms with van der Waals surface area (Å²) in [5.41, 5.74) is 3.28. The van der Waals surface area contributed by atoms with E-state index >= 15 is 0 Å². The molecule has 0 aliphatic heterocycles. The topological polar surface area (TPSA) is 28.7 Å². The first kappa shape index (κ1) is 12.0. The molecule has 5 aromatic rings. The molecule has 2 nitrogen and oxygen atoms in total. The molecule has 0 atom stereocenters. The first-order valence-corrected chi connectivity index (χ1v) is 8.17. The van der Waals surface area contributed by atoms with Crippen LogP contribution in [-0.2, 0) is 0 Å². The second-order valence-corrected chi connectivity index (χ2v) is 6.22. The van der Waals surface area contributed by atoms with E-state index in [0.29, 0.717) is 0 Å². The Hall–Kier alpha value is -2.65. The van der Waals surface area contributed by atoms with E-state index in [1.165, 1.54) is 21.5 Å². The minimum absolute atomic E-state index is 0.942. The molecule has 2 heterocycles. The zero-order valence-electron chi connectivity index (χ0n) is 11.7. The van der Waals surface area contributed by atoms with Crippen LogP contribution in [0.15, 0.2) is 65.4 Å². The van der Waals surface area contributed by atoms with Crippen molar-refractivity contribution in [3.05, 3.63) is 65.4 Å². The maximum atomic E-state index is 4.84. The Kier molecular flexibility index (Phi) is 2.40. The van der Waals surface area contributed by atoms with E-state index in [9.17, 15) is 0 Å². The minimum atomic E-state index is 0.942. The molecule has 2 aromatic heterocycles. The van der Waals surface area contributed by atoms with Crippen molar-refractivity contribution in [2.45, 2.75) is 0 Å². The molecule has 0 saturated carbocycles. The lowest BCUT2D eigenvalue weighted by Gasteiger charge is -2.03. The van der Waals surface area contributed by atoms with Gasteiger partial charge in [0, 0.05) is 16.3 Å². The quantitative estimate of drug-likeness (QED) is 0.401. The second kappa shape index (κ2) is 4.42. The first-order valence-electron chi connectivity index (χ1n) is 7.23. The lowest BCUT2D eigenvalue weighted by Crippen LogP contribution is -1.79. The smallest absolute Gasteiger partial charge is 0.139 e. The van der Waals surface area contributed by atoms with Crippen molar-refractivity contribution in [2.75, 3.05) is 0 Å². The molecular formula is C19H12N2S. The van der Waals surface area contributed by atoms with Gasteiger partial charge in [-0.1, -0.05) is 42.5 Å². The van der Waals surface area contributed by atoms with Gasteiger partial charge < -0.3 is 4.98 Å². The van der Waals surface area contributed by atoms with Gasteiger partial charge in [-0.2, -0.15) is 11.3 Å². The van der Waals surface area contributed by atoms with Crippen LogP contribution in [-0.4, -0.2) is 9.97 Å². The highest BCUT2D eigenvalue weighted by Gasteiger charge is 2.10. The number of hydrogen-bond donors (Lipinski definition) is 1. The number of aromatic nitrogens is 2. The molecular weight excluding hydrogens is 288 g/mol. The third kappa shape index (κ3) is 1.63. The van der Waals surface area contributed by atoms with E-state index < -0.39 is 0 Å². The Morgan fingerprint density at radius 3 is 2.64 bits per heavy atom. The zero-order valence-corrected chi connectivity index (χ0v) is 12.5. The Labute approximate surface area is 131 Å². The predicted octanol–water partition coefficient (Wildman–Crippen LogP) is 5.60. The van der Waals surface area contributed by atoms with Crippen molar-refractivity contribution in [3.63, 3.8) is 0 Å². The lowest BCUT2D eigenvalue weighted by atomic mass is 10.0. The largest absolute Gasteiger partial charge is 0.338 e. The standard InChI is InChI=1S/C19H12N2S/c1-2-4-14-12(3-1)5-6-16-15(14)7-8-17-18(16)21-19(20-17)13-9-10-22-11-13/h1-11H,(H,20,21). The number of nitrogens with one attached hydrogen (secondary N) is 1. The summed E-state index contributed by atoms with van der Waals surface area (Å²) in [5, 5.41) is 9.21. The lowest BCUT2D eigenvalue weighted by molar-refractivity contribution is 1.35. The van der Waals surface area contributed by atoms with E-state index in [1.54, 1.807) is 11.3 Å².